The van der Waals surface area contributed by atoms with Crippen molar-refractivity contribution in [1.29, 1.82) is 0 Å². The molecule has 0 radical (unpaired) electrons. The molecular formula is C19H17N3O6S. The van der Waals surface area contributed by atoms with E-state index in [4.69, 9.17) is 4.74 Å². The Morgan fingerprint density at radius 3 is 2.45 bits per heavy atom. The first-order chi connectivity index (χ1) is 13.8. The third kappa shape index (κ3) is 4.61. The highest BCUT2D eigenvalue weighted by Crippen LogP contribution is 2.26. The maximum absolute atomic E-state index is 12.6. The molecular weight excluding hydrogens is 398 g/mol. The van der Waals surface area contributed by atoms with Gasteiger partial charge in [-0.2, -0.15) is 0 Å². The Hall–Kier alpha value is -3.66. The lowest BCUT2D eigenvalue weighted by Gasteiger charge is -2.11. The summed E-state index contributed by atoms with van der Waals surface area (Å²) >= 11 is 0. The summed E-state index contributed by atoms with van der Waals surface area (Å²) in [6.07, 6.45) is 2.55. The van der Waals surface area contributed by atoms with Crippen molar-refractivity contribution in [1.82, 2.24) is 10.2 Å². The molecule has 10 heteroatoms. The van der Waals surface area contributed by atoms with Crippen molar-refractivity contribution in [2.75, 3.05) is 18.4 Å². The van der Waals surface area contributed by atoms with Crippen LogP contribution >= 0.6 is 0 Å². The lowest BCUT2D eigenvalue weighted by atomic mass is 10.2. The third-order valence-corrected chi connectivity index (χ3v) is 5.40. The standard InChI is InChI=1S/C19H17N3O6S/c1-28-16-5-3-2-4-15(16)21-29(26,27)14-9-6-13(7-10-14)8-11-18(24)22-12-17(23)20-19(22)25/h2-11,21H,12H2,1H3,(H,20,23,25)/b11-8+. The van der Waals surface area contributed by atoms with Crippen LogP contribution in [0.15, 0.2) is 59.5 Å². The highest BCUT2D eigenvalue weighted by molar-refractivity contribution is 7.92. The Bertz CT molecular complexity index is 1090. The predicted octanol–water partition coefficient (Wildman–Crippen LogP) is 1.59. The van der Waals surface area contributed by atoms with Crippen LogP contribution in [0.3, 0.4) is 0 Å². The Kier molecular flexibility index (Phi) is 5.64. The molecule has 0 unspecified atom stereocenters. The van der Waals surface area contributed by atoms with Gasteiger partial charge in [0, 0.05) is 6.08 Å². The summed E-state index contributed by atoms with van der Waals surface area (Å²) in [5.41, 5.74) is 0.850. The number of hydrogen-bond donors (Lipinski definition) is 2. The first kappa shape index (κ1) is 20.1. The normalized spacial score (nSPS) is 14.2. The number of nitrogens with zero attached hydrogens (tertiary/aromatic N) is 1. The number of benzene rings is 2. The molecule has 1 saturated heterocycles. The molecule has 0 aliphatic carbocycles. The predicted molar refractivity (Wildman–Crippen MR) is 105 cm³/mol. The molecule has 1 fully saturated rings. The molecule has 2 N–H and O–H groups in total. The van der Waals surface area contributed by atoms with Gasteiger partial charge in [-0.15, -0.1) is 0 Å². The fourth-order valence-corrected chi connectivity index (χ4v) is 3.64. The molecule has 0 atom stereocenters. The number of para-hydroxylation sites is 2. The minimum Gasteiger partial charge on any atom is -0.495 e. The van der Waals surface area contributed by atoms with Gasteiger partial charge in [0.1, 0.15) is 12.3 Å². The molecule has 3 rings (SSSR count). The van der Waals surface area contributed by atoms with Crippen molar-refractivity contribution < 1.29 is 27.5 Å². The Morgan fingerprint density at radius 2 is 1.83 bits per heavy atom. The van der Waals surface area contributed by atoms with E-state index in [1.54, 1.807) is 24.3 Å². The van der Waals surface area contributed by atoms with E-state index in [1.807, 2.05) is 5.32 Å². The molecule has 1 heterocycles. The van der Waals surface area contributed by atoms with E-state index in [0.717, 1.165) is 11.0 Å². The molecule has 9 nitrogen and oxygen atoms in total. The fraction of sp³-hybridized carbons (Fsp3) is 0.105. The summed E-state index contributed by atoms with van der Waals surface area (Å²) in [7, 11) is -2.40. The van der Waals surface area contributed by atoms with Crippen molar-refractivity contribution in [3.8, 4) is 5.75 Å². The van der Waals surface area contributed by atoms with E-state index < -0.39 is 27.9 Å². The average Bonchev–Trinajstić information content (AvgIpc) is 3.04. The van der Waals surface area contributed by atoms with E-state index in [9.17, 15) is 22.8 Å². The Balaban J connectivity index is 1.71. The SMILES string of the molecule is COc1ccccc1NS(=O)(=O)c1ccc(/C=C/C(=O)N2CC(=O)NC2=O)cc1. The summed E-state index contributed by atoms with van der Waals surface area (Å²) in [5, 5.41) is 2.01. The summed E-state index contributed by atoms with van der Waals surface area (Å²) in [6.45, 7) is -0.326. The lowest BCUT2D eigenvalue weighted by Crippen LogP contribution is -2.32. The summed E-state index contributed by atoms with van der Waals surface area (Å²) < 4.78 is 32.7. The smallest absolute Gasteiger partial charge is 0.331 e. The largest absolute Gasteiger partial charge is 0.495 e. The number of hydrogen-bond acceptors (Lipinski definition) is 6. The zero-order valence-corrected chi connectivity index (χ0v) is 16.1. The second kappa shape index (κ2) is 8.15. The van der Waals surface area contributed by atoms with E-state index in [2.05, 4.69) is 4.72 Å². The number of carbonyl (C=O) groups excluding carboxylic acids is 3. The second-order valence-corrected chi connectivity index (χ2v) is 7.67. The first-order valence-electron chi connectivity index (χ1n) is 8.39. The first-order valence-corrected chi connectivity index (χ1v) is 9.88. The van der Waals surface area contributed by atoms with Gasteiger partial charge in [0.05, 0.1) is 17.7 Å². The molecule has 4 amide bonds. The molecule has 2 aromatic rings. The fourth-order valence-electron chi connectivity index (χ4n) is 2.57. The molecule has 0 saturated carbocycles. The van der Waals surface area contributed by atoms with Crippen LogP contribution in [0.2, 0.25) is 0 Å². The van der Waals surface area contributed by atoms with Crippen LogP contribution in [0.5, 0.6) is 5.75 Å². The van der Waals surface area contributed by atoms with Crippen LogP contribution in [0, 0.1) is 0 Å². The van der Waals surface area contributed by atoms with Gasteiger partial charge in [-0.3, -0.25) is 24.5 Å². The highest BCUT2D eigenvalue weighted by Gasteiger charge is 2.30. The van der Waals surface area contributed by atoms with Crippen molar-refractivity contribution in [2.45, 2.75) is 4.90 Å². The van der Waals surface area contributed by atoms with Crippen molar-refractivity contribution in [3.63, 3.8) is 0 Å². The van der Waals surface area contributed by atoms with E-state index >= 15 is 0 Å². The molecule has 0 bridgehead atoms. The molecule has 1 aliphatic rings. The van der Waals surface area contributed by atoms with Gasteiger partial charge < -0.3 is 4.74 Å². The van der Waals surface area contributed by atoms with E-state index in [0.29, 0.717) is 17.0 Å². The highest BCUT2D eigenvalue weighted by atomic mass is 32.2. The topological polar surface area (TPSA) is 122 Å². The number of anilines is 1. The molecule has 0 aromatic heterocycles. The second-order valence-electron chi connectivity index (χ2n) is 5.99. The van der Waals surface area contributed by atoms with Crippen molar-refractivity contribution in [2.24, 2.45) is 0 Å². The van der Waals surface area contributed by atoms with E-state index in [-0.39, 0.29) is 11.4 Å². The Labute approximate surface area is 167 Å². The van der Waals surface area contributed by atoms with Crippen LogP contribution in [0.1, 0.15) is 5.56 Å². The number of carbonyl (C=O) groups is 3. The number of methoxy groups -OCH3 is 1. The third-order valence-electron chi connectivity index (χ3n) is 4.02. The van der Waals surface area contributed by atoms with Gasteiger partial charge >= 0.3 is 6.03 Å². The minimum absolute atomic E-state index is 0.0244. The van der Waals surface area contributed by atoms with Crippen LogP contribution in [0.4, 0.5) is 10.5 Å². The maximum atomic E-state index is 12.6. The number of ether oxygens (including phenoxy) is 1. The number of urea groups is 1. The number of imide groups is 2. The molecule has 29 heavy (non-hydrogen) atoms. The van der Waals surface area contributed by atoms with Crippen LogP contribution in [-0.2, 0) is 19.6 Å². The number of sulfonamides is 1. The summed E-state index contributed by atoms with van der Waals surface area (Å²) in [4.78, 5) is 35.3. The number of rotatable bonds is 6. The molecule has 0 spiro atoms. The zero-order chi connectivity index (χ0) is 21.0. The van der Waals surface area contributed by atoms with Gasteiger partial charge in [0.25, 0.3) is 15.9 Å². The van der Waals surface area contributed by atoms with E-state index in [1.165, 1.54) is 37.5 Å². The monoisotopic (exact) mass is 415 g/mol. The zero-order valence-electron chi connectivity index (χ0n) is 15.3. The van der Waals surface area contributed by atoms with Gasteiger partial charge in [0.2, 0.25) is 5.91 Å². The van der Waals surface area contributed by atoms with Gasteiger partial charge in [0.15, 0.2) is 0 Å². The number of amides is 4. The van der Waals surface area contributed by atoms with Gasteiger partial charge in [-0.1, -0.05) is 24.3 Å². The summed E-state index contributed by atoms with van der Waals surface area (Å²) in [6, 6.07) is 11.6. The van der Waals surface area contributed by atoms with Crippen LogP contribution in [-0.4, -0.2) is 44.8 Å². The molecule has 2 aromatic carbocycles. The number of nitrogens with one attached hydrogen (secondary N) is 2. The molecule has 1 aliphatic heterocycles. The molecule has 150 valence electrons. The summed E-state index contributed by atoms with van der Waals surface area (Å²) in [5.74, 6) is -0.810. The Morgan fingerprint density at radius 1 is 1.14 bits per heavy atom. The maximum Gasteiger partial charge on any atom is 0.331 e. The minimum atomic E-state index is -3.84. The quantitative estimate of drug-likeness (QED) is 0.546. The average molecular weight is 415 g/mol. The lowest BCUT2D eigenvalue weighted by molar-refractivity contribution is -0.126. The van der Waals surface area contributed by atoms with Gasteiger partial charge in [-0.05, 0) is 35.9 Å². The van der Waals surface area contributed by atoms with Crippen molar-refractivity contribution >= 4 is 39.6 Å². The van der Waals surface area contributed by atoms with Gasteiger partial charge in [-0.25, -0.2) is 13.2 Å². The van der Waals surface area contributed by atoms with Crippen LogP contribution in [0.25, 0.3) is 6.08 Å². The van der Waals surface area contributed by atoms with Crippen LogP contribution < -0.4 is 14.8 Å². The van der Waals surface area contributed by atoms with Crippen molar-refractivity contribution in [3.05, 3.63) is 60.2 Å².